The number of amides is 1. The third-order valence-corrected chi connectivity index (χ3v) is 6.09. The van der Waals surface area contributed by atoms with E-state index in [1.54, 1.807) is 11.7 Å². The highest BCUT2D eigenvalue weighted by Crippen LogP contribution is 2.55. The minimum absolute atomic E-state index is 0.436. The molecule has 1 amide bonds. The molecule has 0 aromatic carbocycles. The monoisotopic (exact) mass is 301 g/mol. The molecule has 0 saturated heterocycles. The van der Waals surface area contributed by atoms with Gasteiger partial charge in [-0.15, -0.1) is 0 Å². The van der Waals surface area contributed by atoms with Crippen molar-refractivity contribution in [2.24, 2.45) is 5.41 Å². The first kappa shape index (κ1) is 14.2. The van der Waals surface area contributed by atoms with Crippen molar-refractivity contribution < 1.29 is 10.0 Å². The van der Waals surface area contributed by atoms with Gasteiger partial charge < -0.3 is 0 Å². The zero-order valence-electron chi connectivity index (χ0n) is 12.8. The standard InChI is InChI=1S/C17H23N3O2/c21-16(19-22)13-9-12-4-8-20(11-14(12)18-10-13)15-3-1-5-17(15)6-2-7-17/h9-10,15,22H,1-8,11H2,(H,19,21)/t15-/m1/s1. The van der Waals surface area contributed by atoms with Crippen LogP contribution in [0.1, 0.15) is 60.1 Å². The molecule has 1 aromatic rings. The summed E-state index contributed by atoms with van der Waals surface area (Å²) < 4.78 is 0. The Hall–Kier alpha value is -1.46. The fourth-order valence-corrected chi connectivity index (χ4v) is 4.79. The molecule has 2 saturated carbocycles. The number of hydrogen-bond donors (Lipinski definition) is 2. The molecule has 0 unspecified atom stereocenters. The molecule has 2 N–H and O–H groups in total. The van der Waals surface area contributed by atoms with E-state index in [0.717, 1.165) is 36.8 Å². The summed E-state index contributed by atoms with van der Waals surface area (Å²) in [7, 11) is 0. The van der Waals surface area contributed by atoms with E-state index in [1.165, 1.54) is 38.5 Å². The van der Waals surface area contributed by atoms with E-state index in [1.807, 2.05) is 6.07 Å². The largest absolute Gasteiger partial charge is 0.294 e. The van der Waals surface area contributed by atoms with Crippen molar-refractivity contribution in [2.45, 2.75) is 57.5 Å². The Balaban J connectivity index is 1.53. The minimum Gasteiger partial charge on any atom is -0.294 e. The summed E-state index contributed by atoms with van der Waals surface area (Å²) in [6, 6.07) is 2.61. The molecule has 5 nitrogen and oxygen atoms in total. The summed E-state index contributed by atoms with van der Waals surface area (Å²) in [4.78, 5) is 18.6. The van der Waals surface area contributed by atoms with Crippen molar-refractivity contribution in [3.63, 3.8) is 0 Å². The van der Waals surface area contributed by atoms with Crippen LogP contribution in [0.15, 0.2) is 12.3 Å². The number of pyridine rings is 1. The predicted molar refractivity (Wildman–Crippen MR) is 81.5 cm³/mol. The van der Waals surface area contributed by atoms with E-state index in [9.17, 15) is 4.79 Å². The maximum atomic E-state index is 11.5. The SMILES string of the molecule is O=C(NO)c1cnc2c(c1)CCN([C@@H]1CCCC13CCC3)C2. The molecule has 1 atom stereocenters. The molecular formula is C17H23N3O2. The third kappa shape index (κ3) is 2.15. The van der Waals surface area contributed by atoms with E-state index in [4.69, 9.17) is 5.21 Å². The Bertz CT molecular complexity index is 598. The van der Waals surface area contributed by atoms with Crippen molar-refractivity contribution in [3.05, 3.63) is 29.1 Å². The molecule has 2 fully saturated rings. The van der Waals surface area contributed by atoms with Gasteiger partial charge in [-0.1, -0.05) is 12.8 Å². The lowest BCUT2D eigenvalue weighted by Gasteiger charge is -2.49. The summed E-state index contributed by atoms with van der Waals surface area (Å²) in [5.74, 6) is -0.484. The van der Waals surface area contributed by atoms with Crippen LogP contribution in [0.2, 0.25) is 0 Å². The molecule has 1 aromatic heterocycles. The van der Waals surface area contributed by atoms with Gasteiger partial charge in [0, 0.05) is 25.3 Å². The van der Waals surface area contributed by atoms with Gasteiger partial charge in [0.2, 0.25) is 0 Å². The molecule has 2 aliphatic carbocycles. The van der Waals surface area contributed by atoms with Gasteiger partial charge in [0.1, 0.15) is 0 Å². The molecule has 2 heterocycles. The van der Waals surface area contributed by atoms with Crippen LogP contribution in [0.25, 0.3) is 0 Å². The third-order valence-electron chi connectivity index (χ3n) is 6.09. The van der Waals surface area contributed by atoms with Gasteiger partial charge in [0.25, 0.3) is 5.91 Å². The summed E-state index contributed by atoms with van der Waals surface area (Å²) in [6.45, 7) is 1.97. The fourth-order valence-electron chi connectivity index (χ4n) is 4.79. The second-order valence-corrected chi connectivity index (χ2v) is 7.12. The Labute approximate surface area is 130 Å². The van der Waals surface area contributed by atoms with E-state index < -0.39 is 5.91 Å². The zero-order valence-corrected chi connectivity index (χ0v) is 12.8. The molecule has 1 spiro atoms. The van der Waals surface area contributed by atoms with Gasteiger partial charge >= 0.3 is 0 Å². The number of nitrogens with one attached hydrogen (secondary N) is 1. The Morgan fingerprint density at radius 2 is 2.18 bits per heavy atom. The van der Waals surface area contributed by atoms with Crippen molar-refractivity contribution in [2.75, 3.05) is 6.54 Å². The van der Waals surface area contributed by atoms with Crippen LogP contribution in [0.3, 0.4) is 0 Å². The first-order valence-corrected chi connectivity index (χ1v) is 8.38. The number of aromatic nitrogens is 1. The topological polar surface area (TPSA) is 65.5 Å². The minimum atomic E-state index is -0.484. The fraction of sp³-hybridized carbons (Fsp3) is 0.647. The number of hydrogen-bond acceptors (Lipinski definition) is 4. The van der Waals surface area contributed by atoms with E-state index in [-0.39, 0.29) is 0 Å². The van der Waals surface area contributed by atoms with Crippen molar-refractivity contribution in [1.29, 1.82) is 0 Å². The van der Waals surface area contributed by atoms with E-state index >= 15 is 0 Å². The molecular weight excluding hydrogens is 278 g/mol. The number of rotatable bonds is 2. The smallest absolute Gasteiger partial charge is 0.276 e. The summed E-state index contributed by atoms with van der Waals surface area (Å²) in [6.07, 6.45) is 10.8. The van der Waals surface area contributed by atoms with Crippen molar-refractivity contribution >= 4 is 5.91 Å². The Morgan fingerprint density at radius 1 is 1.36 bits per heavy atom. The first-order chi connectivity index (χ1) is 10.7. The highest BCUT2D eigenvalue weighted by molar-refractivity contribution is 5.93. The van der Waals surface area contributed by atoms with Crippen molar-refractivity contribution in [3.8, 4) is 0 Å². The number of nitrogens with zero attached hydrogens (tertiary/aromatic N) is 2. The van der Waals surface area contributed by atoms with Crippen LogP contribution in [0.4, 0.5) is 0 Å². The highest BCUT2D eigenvalue weighted by Gasteiger charge is 2.49. The van der Waals surface area contributed by atoms with E-state index in [2.05, 4.69) is 9.88 Å². The number of carbonyl (C=O) groups excluding carboxylic acids is 1. The van der Waals surface area contributed by atoms with Gasteiger partial charge in [-0.2, -0.15) is 0 Å². The highest BCUT2D eigenvalue weighted by atomic mass is 16.5. The normalized spacial score (nSPS) is 26.5. The summed E-state index contributed by atoms with van der Waals surface area (Å²) in [5, 5.41) is 8.73. The second-order valence-electron chi connectivity index (χ2n) is 7.12. The Kier molecular flexibility index (Phi) is 3.42. The summed E-state index contributed by atoms with van der Waals surface area (Å²) in [5.41, 5.74) is 4.97. The zero-order chi connectivity index (χ0) is 15.2. The molecule has 22 heavy (non-hydrogen) atoms. The quantitative estimate of drug-likeness (QED) is 0.650. The molecule has 1 aliphatic heterocycles. The molecule has 0 radical (unpaired) electrons. The van der Waals surface area contributed by atoms with Crippen LogP contribution in [-0.4, -0.2) is 33.6 Å². The van der Waals surface area contributed by atoms with E-state index in [0.29, 0.717) is 11.0 Å². The lowest BCUT2D eigenvalue weighted by Crippen LogP contribution is -2.49. The maximum absolute atomic E-state index is 11.5. The molecule has 118 valence electrons. The average molecular weight is 301 g/mol. The van der Waals surface area contributed by atoms with Gasteiger partial charge in [0.05, 0.1) is 11.3 Å². The average Bonchev–Trinajstić information content (AvgIpc) is 2.98. The number of fused-ring (bicyclic) bond motifs is 1. The lowest BCUT2D eigenvalue weighted by molar-refractivity contribution is 0.0146. The Morgan fingerprint density at radius 3 is 2.91 bits per heavy atom. The molecule has 0 bridgehead atoms. The number of hydroxylamine groups is 1. The lowest BCUT2D eigenvalue weighted by atomic mass is 9.64. The molecule has 3 aliphatic rings. The van der Waals surface area contributed by atoms with Gasteiger partial charge in [0.15, 0.2) is 0 Å². The summed E-state index contributed by atoms with van der Waals surface area (Å²) >= 11 is 0. The van der Waals surface area contributed by atoms with Gasteiger partial charge in [-0.3, -0.25) is 19.9 Å². The van der Waals surface area contributed by atoms with Crippen LogP contribution in [-0.2, 0) is 13.0 Å². The molecule has 4 rings (SSSR count). The van der Waals surface area contributed by atoms with Crippen LogP contribution in [0.5, 0.6) is 0 Å². The van der Waals surface area contributed by atoms with Crippen LogP contribution < -0.4 is 5.48 Å². The van der Waals surface area contributed by atoms with Crippen LogP contribution in [0, 0.1) is 5.41 Å². The van der Waals surface area contributed by atoms with Crippen molar-refractivity contribution in [1.82, 2.24) is 15.4 Å². The number of carbonyl (C=O) groups is 1. The van der Waals surface area contributed by atoms with Gasteiger partial charge in [-0.05, 0) is 49.1 Å². The molecule has 5 heteroatoms. The second kappa shape index (κ2) is 5.32. The van der Waals surface area contributed by atoms with Gasteiger partial charge in [-0.25, -0.2) is 5.48 Å². The predicted octanol–water partition coefficient (Wildman–Crippen LogP) is 2.28. The maximum Gasteiger partial charge on any atom is 0.276 e. The van der Waals surface area contributed by atoms with Crippen LogP contribution >= 0.6 is 0 Å². The first-order valence-electron chi connectivity index (χ1n) is 8.38.